The zero-order chi connectivity index (χ0) is 22.8. The molecule has 1 amide bonds. The lowest BCUT2D eigenvalue weighted by Crippen LogP contribution is -2.36. The van der Waals surface area contributed by atoms with E-state index in [9.17, 15) is 9.18 Å². The molecule has 32 heavy (non-hydrogen) atoms. The van der Waals surface area contributed by atoms with E-state index in [0.717, 1.165) is 5.69 Å². The van der Waals surface area contributed by atoms with Crippen LogP contribution in [0.15, 0.2) is 18.3 Å². The first-order valence-electron chi connectivity index (χ1n) is 10.3. The van der Waals surface area contributed by atoms with Gasteiger partial charge in [-0.1, -0.05) is 11.6 Å². The molecule has 0 radical (unpaired) electrons. The van der Waals surface area contributed by atoms with Crippen molar-refractivity contribution in [3.05, 3.63) is 34.9 Å². The smallest absolute Gasteiger partial charge is 0.407 e. The van der Waals surface area contributed by atoms with Gasteiger partial charge in [-0.3, -0.25) is 5.10 Å². The second-order valence-electron chi connectivity index (χ2n) is 8.02. The molecule has 0 aromatic carbocycles. The molecule has 0 aliphatic heterocycles. The highest BCUT2D eigenvalue weighted by Gasteiger charge is 2.40. The number of nitrogens with zero attached hydrogens (tertiary/aromatic N) is 4. The first kappa shape index (κ1) is 22.3. The molecule has 3 N–H and O–H groups in total. The normalized spacial score (nSPS) is 20.8. The van der Waals surface area contributed by atoms with E-state index in [2.05, 4.69) is 30.9 Å². The molecule has 10 nitrogen and oxygen atoms in total. The van der Waals surface area contributed by atoms with Crippen LogP contribution in [0.3, 0.4) is 0 Å². The van der Waals surface area contributed by atoms with E-state index in [4.69, 9.17) is 21.1 Å². The van der Waals surface area contributed by atoms with E-state index < -0.39 is 24.3 Å². The van der Waals surface area contributed by atoms with E-state index in [-0.39, 0.29) is 11.2 Å². The van der Waals surface area contributed by atoms with Crippen LogP contribution in [0.1, 0.15) is 44.0 Å². The highest BCUT2D eigenvalue weighted by molar-refractivity contribution is 6.29. The molecule has 12 heteroatoms. The third-order valence-electron chi connectivity index (χ3n) is 5.18. The van der Waals surface area contributed by atoms with Crippen LogP contribution >= 0.6 is 11.6 Å². The highest BCUT2D eigenvalue weighted by Crippen LogP contribution is 2.38. The minimum absolute atomic E-state index is 0.0769. The lowest BCUT2D eigenvalue weighted by molar-refractivity contribution is 0.0555. The number of rotatable bonds is 7. The number of fused-ring (bicyclic) bond motifs is 1. The Kier molecular flexibility index (Phi) is 6.47. The van der Waals surface area contributed by atoms with Crippen LogP contribution in [0.25, 0.3) is 5.52 Å². The zero-order valence-electron chi connectivity index (χ0n) is 17.9. The second-order valence-corrected chi connectivity index (χ2v) is 8.40. The van der Waals surface area contributed by atoms with Crippen molar-refractivity contribution in [1.29, 1.82) is 0 Å². The van der Waals surface area contributed by atoms with Gasteiger partial charge < -0.3 is 20.1 Å². The molecule has 0 unspecified atom stereocenters. The van der Waals surface area contributed by atoms with Gasteiger partial charge >= 0.3 is 6.09 Å². The van der Waals surface area contributed by atoms with Gasteiger partial charge in [0.25, 0.3) is 0 Å². The molecule has 1 aliphatic carbocycles. The molecule has 3 aromatic rings. The summed E-state index contributed by atoms with van der Waals surface area (Å²) >= 11 is 6.13. The van der Waals surface area contributed by atoms with E-state index in [1.165, 1.54) is 0 Å². The number of hydrogen-bond acceptors (Lipinski definition) is 7. The molecule has 1 aliphatic rings. The SMILES string of the molecule is COCc1cc2c(Nc3cc([C@H]4CC[C@@H](OC(=O)NC(C)C)[C@H]4F)[nH]n3)nc(Cl)cn2n1. The maximum Gasteiger partial charge on any atom is 0.407 e. The van der Waals surface area contributed by atoms with Crippen molar-refractivity contribution < 1.29 is 18.7 Å². The first-order chi connectivity index (χ1) is 15.3. The van der Waals surface area contributed by atoms with Gasteiger partial charge in [-0.2, -0.15) is 10.2 Å². The molecule has 3 atom stereocenters. The Morgan fingerprint density at radius 3 is 2.97 bits per heavy atom. The van der Waals surface area contributed by atoms with E-state index in [1.54, 1.807) is 23.9 Å². The fourth-order valence-electron chi connectivity index (χ4n) is 3.82. The number of aromatic amines is 1. The first-order valence-corrected chi connectivity index (χ1v) is 10.7. The molecule has 0 saturated heterocycles. The number of ether oxygens (including phenoxy) is 2. The number of amides is 1. The molecule has 172 valence electrons. The van der Waals surface area contributed by atoms with Gasteiger partial charge in [0.2, 0.25) is 0 Å². The number of carbonyl (C=O) groups is 1. The standard InChI is InChI=1S/C20H25ClFN7O3/c1-10(2)23-20(30)32-15-5-4-12(18(15)22)13-7-17(27-26-13)25-19-14-6-11(9-31-3)28-29(14)8-16(21)24-19/h6-8,10,12,15,18H,4-5,9H2,1-3H3,(H,23,30)(H2,24,25,26,27)/t12-,15-,18+/m1/s1. The summed E-state index contributed by atoms with van der Waals surface area (Å²) in [6.45, 7) is 3.98. The number of methoxy groups -OCH3 is 1. The average molecular weight is 466 g/mol. The summed E-state index contributed by atoms with van der Waals surface area (Å²) in [7, 11) is 1.59. The molecule has 1 fully saturated rings. The lowest BCUT2D eigenvalue weighted by atomic mass is 10.0. The predicted molar refractivity (Wildman–Crippen MR) is 116 cm³/mol. The van der Waals surface area contributed by atoms with E-state index in [0.29, 0.717) is 42.3 Å². The minimum atomic E-state index is -1.33. The fraction of sp³-hybridized carbons (Fsp3) is 0.500. The van der Waals surface area contributed by atoms with Crippen LogP contribution in [0.5, 0.6) is 0 Å². The Labute approximate surface area is 188 Å². The van der Waals surface area contributed by atoms with Crippen LogP contribution < -0.4 is 10.6 Å². The van der Waals surface area contributed by atoms with Gasteiger partial charge in [-0.05, 0) is 32.8 Å². The maximum absolute atomic E-state index is 15.0. The van der Waals surface area contributed by atoms with Crippen molar-refractivity contribution in [1.82, 2.24) is 30.1 Å². The lowest BCUT2D eigenvalue weighted by Gasteiger charge is -2.18. The Morgan fingerprint density at radius 2 is 2.22 bits per heavy atom. The number of anilines is 2. The minimum Gasteiger partial charge on any atom is -0.443 e. The number of alkyl carbamates (subject to hydrolysis) is 1. The third kappa shape index (κ3) is 4.78. The van der Waals surface area contributed by atoms with Gasteiger partial charge in [0.05, 0.1) is 18.5 Å². The quantitative estimate of drug-likeness (QED) is 0.486. The molecular weight excluding hydrogens is 441 g/mol. The van der Waals surface area contributed by atoms with Gasteiger partial charge in [-0.15, -0.1) is 0 Å². The number of H-pyrrole nitrogens is 1. The fourth-order valence-corrected chi connectivity index (χ4v) is 3.99. The topological polar surface area (TPSA) is 118 Å². The van der Waals surface area contributed by atoms with Crippen molar-refractivity contribution in [3.8, 4) is 0 Å². The van der Waals surface area contributed by atoms with Gasteiger partial charge in [0.15, 0.2) is 11.6 Å². The zero-order valence-corrected chi connectivity index (χ0v) is 18.7. The molecule has 4 rings (SSSR count). The summed E-state index contributed by atoms with van der Waals surface area (Å²) in [5, 5.41) is 17.5. The second kappa shape index (κ2) is 9.29. The Morgan fingerprint density at radius 1 is 1.41 bits per heavy atom. The van der Waals surface area contributed by atoms with E-state index >= 15 is 0 Å². The van der Waals surface area contributed by atoms with Crippen molar-refractivity contribution in [2.45, 2.75) is 57.5 Å². The van der Waals surface area contributed by atoms with Crippen LogP contribution in [-0.4, -0.2) is 56.3 Å². The Hall–Kier alpha value is -2.92. The van der Waals surface area contributed by atoms with Crippen molar-refractivity contribution >= 4 is 34.8 Å². The summed E-state index contributed by atoms with van der Waals surface area (Å²) in [4.78, 5) is 16.1. The largest absolute Gasteiger partial charge is 0.443 e. The van der Waals surface area contributed by atoms with Gasteiger partial charge in [-0.25, -0.2) is 18.7 Å². The van der Waals surface area contributed by atoms with Crippen LogP contribution in [0.4, 0.5) is 20.8 Å². The monoisotopic (exact) mass is 465 g/mol. The number of alkyl halides is 1. The van der Waals surface area contributed by atoms with Crippen LogP contribution in [-0.2, 0) is 16.1 Å². The average Bonchev–Trinajstić information content (AvgIpc) is 3.41. The number of carbonyl (C=O) groups excluding carboxylic acids is 1. The third-order valence-corrected chi connectivity index (χ3v) is 5.36. The van der Waals surface area contributed by atoms with Gasteiger partial charge in [0.1, 0.15) is 22.9 Å². The molecular formula is C20H25ClFN7O3. The summed E-state index contributed by atoms with van der Waals surface area (Å²) in [5.74, 6) is 0.464. The summed E-state index contributed by atoms with van der Waals surface area (Å²) in [5.41, 5.74) is 2.03. The number of aromatic nitrogens is 5. The summed E-state index contributed by atoms with van der Waals surface area (Å²) < 4.78 is 27.0. The number of hydrogen-bond donors (Lipinski definition) is 3. The summed E-state index contributed by atoms with van der Waals surface area (Å²) in [6.07, 6.45) is -0.162. The van der Waals surface area contributed by atoms with Crippen molar-refractivity contribution in [2.75, 3.05) is 12.4 Å². The maximum atomic E-state index is 15.0. The van der Waals surface area contributed by atoms with Crippen molar-refractivity contribution in [3.63, 3.8) is 0 Å². The number of nitrogens with one attached hydrogen (secondary N) is 3. The summed E-state index contributed by atoms with van der Waals surface area (Å²) in [6, 6.07) is 3.48. The molecule has 0 bridgehead atoms. The van der Waals surface area contributed by atoms with E-state index in [1.807, 2.05) is 19.9 Å². The van der Waals surface area contributed by atoms with Crippen molar-refractivity contribution in [2.24, 2.45) is 0 Å². The predicted octanol–water partition coefficient (Wildman–Crippen LogP) is 3.71. The Balaban J connectivity index is 1.47. The molecule has 0 spiro atoms. The Bertz CT molecular complexity index is 1100. The molecule has 3 aromatic heterocycles. The van der Waals surface area contributed by atoms with Gasteiger partial charge in [0, 0.05) is 30.8 Å². The molecule has 3 heterocycles. The van der Waals surface area contributed by atoms with Crippen LogP contribution in [0, 0.1) is 0 Å². The molecule has 1 saturated carbocycles. The number of halogens is 2. The van der Waals surface area contributed by atoms with Crippen LogP contribution in [0.2, 0.25) is 5.15 Å². The highest BCUT2D eigenvalue weighted by atomic mass is 35.5.